The summed E-state index contributed by atoms with van der Waals surface area (Å²) in [6, 6.07) is 7.31. The van der Waals surface area contributed by atoms with Crippen LogP contribution in [-0.4, -0.2) is 37.1 Å². The van der Waals surface area contributed by atoms with Crippen LogP contribution in [0.3, 0.4) is 0 Å². The predicted octanol–water partition coefficient (Wildman–Crippen LogP) is 2.08. The van der Waals surface area contributed by atoms with Gasteiger partial charge < -0.3 is 14.4 Å². The van der Waals surface area contributed by atoms with Gasteiger partial charge in [0.1, 0.15) is 11.5 Å². The maximum Gasteiger partial charge on any atom is 0.263 e. The predicted molar refractivity (Wildman–Crippen MR) is 68.9 cm³/mol. The molecule has 0 saturated carbocycles. The number of amides is 1. The molecule has 0 radical (unpaired) electrons. The molecule has 0 N–H and O–H groups in total. The molecule has 1 aromatic carbocycles. The molecule has 1 aliphatic heterocycles. The second-order valence-corrected chi connectivity index (χ2v) is 4.47. The Morgan fingerprint density at radius 3 is 2.61 bits per heavy atom. The fraction of sp³-hybridized carbons (Fsp3) is 0.500. The van der Waals surface area contributed by atoms with Gasteiger partial charge in [0.2, 0.25) is 0 Å². The summed E-state index contributed by atoms with van der Waals surface area (Å²) in [6.45, 7) is 3.50. The van der Waals surface area contributed by atoms with E-state index in [4.69, 9.17) is 9.47 Å². The summed E-state index contributed by atoms with van der Waals surface area (Å²) in [4.78, 5) is 13.9. The third-order valence-electron chi connectivity index (χ3n) is 3.12. The molecule has 1 saturated heterocycles. The highest BCUT2D eigenvalue weighted by molar-refractivity contribution is 5.81. The molecule has 18 heavy (non-hydrogen) atoms. The van der Waals surface area contributed by atoms with E-state index in [1.165, 1.54) is 0 Å². The third kappa shape index (κ3) is 2.94. The molecule has 2 rings (SSSR count). The van der Waals surface area contributed by atoms with Crippen LogP contribution >= 0.6 is 0 Å². The van der Waals surface area contributed by atoms with E-state index in [2.05, 4.69) is 0 Å². The second-order valence-electron chi connectivity index (χ2n) is 4.47. The van der Waals surface area contributed by atoms with Gasteiger partial charge in [-0.05, 0) is 31.9 Å². The molecule has 0 spiro atoms. The van der Waals surface area contributed by atoms with E-state index >= 15 is 0 Å². The highest BCUT2D eigenvalue weighted by atomic mass is 16.5. The van der Waals surface area contributed by atoms with Gasteiger partial charge in [0.05, 0.1) is 7.11 Å². The fourth-order valence-corrected chi connectivity index (χ4v) is 2.12. The zero-order valence-corrected chi connectivity index (χ0v) is 10.9. The smallest absolute Gasteiger partial charge is 0.263 e. The lowest BCUT2D eigenvalue weighted by molar-refractivity contribution is -0.136. The number of likely N-dealkylation sites (tertiary alicyclic amines) is 1. The molecule has 98 valence electrons. The maximum absolute atomic E-state index is 12.1. The summed E-state index contributed by atoms with van der Waals surface area (Å²) in [5.74, 6) is 1.46. The van der Waals surface area contributed by atoms with E-state index < -0.39 is 6.10 Å². The van der Waals surface area contributed by atoms with Crippen LogP contribution in [0.15, 0.2) is 24.3 Å². The quantitative estimate of drug-likeness (QED) is 0.820. The molecule has 1 heterocycles. The van der Waals surface area contributed by atoms with Gasteiger partial charge in [-0.2, -0.15) is 0 Å². The summed E-state index contributed by atoms with van der Waals surface area (Å²) in [6.07, 6.45) is 1.74. The molecule has 1 fully saturated rings. The molecular formula is C14H19NO3. The minimum absolute atomic E-state index is 0.0651. The average Bonchev–Trinajstić information content (AvgIpc) is 2.92. The SMILES string of the molecule is COc1cccc(OC(C)C(=O)N2CCCC2)c1. The first kappa shape index (κ1) is 12.7. The molecule has 1 aliphatic rings. The molecule has 1 unspecified atom stereocenters. The van der Waals surface area contributed by atoms with E-state index in [-0.39, 0.29) is 5.91 Å². The molecule has 1 amide bonds. The molecule has 1 atom stereocenters. The number of methoxy groups -OCH3 is 1. The summed E-state index contributed by atoms with van der Waals surface area (Å²) >= 11 is 0. The Balaban J connectivity index is 1.97. The maximum atomic E-state index is 12.1. The van der Waals surface area contributed by atoms with E-state index in [0.717, 1.165) is 31.7 Å². The Kier molecular flexibility index (Phi) is 4.07. The number of benzene rings is 1. The van der Waals surface area contributed by atoms with Crippen LogP contribution in [0.2, 0.25) is 0 Å². The lowest BCUT2D eigenvalue weighted by Gasteiger charge is -2.21. The standard InChI is InChI=1S/C14H19NO3/c1-11(14(16)15-8-3-4-9-15)18-13-7-5-6-12(10-13)17-2/h5-7,10-11H,3-4,8-9H2,1-2H3. The van der Waals surface area contributed by atoms with Crippen molar-refractivity contribution in [2.24, 2.45) is 0 Å². The van der Waals surface area contributed by atoms with Gasteiger partial charge in [-0.15, -0.1) is 0 Å². The summed E-state index contributed by atoms with van der Waals surface area (Å²) in [5.41, 5.74) is 0. The molecule has 0 bridgehead atoms. The molecule has 4 nitrogen and oxygen atoms in total. The largest absolute Gasteiger partial charge is 0.497 e. The van der Waals surface area contributed by atoms with Crippen molar-refractivity contribution in [3.05, 3.63) is 24.3 Å². The number of nitrogens with zero attached hydrogens (tertiary/aromatic N) is 1. The minimum atomic E-state index is -0.449. The molecule has 1 aromatic rings. The van der Waals surface area contributed by atoms with Gasteiger partial charge in [0.15, 0.2) is 6.10 Å². The van der Waals surface area contributed by atoms with Crippen molar-refractivity contribution >= 4 is 5.91 Å². The summed E-state index contributed by atoms with van der Waals surface area (Å²) < 4.78 is 10.8. The van der Waals surface area contributed by atoms with Crippen molar-refractivity contribution in [1.82, 2.24) is 4.90 Å². The highest BCUT2D eigenvalue weighted by Crippen LogP contribution is 2.20. The van der Waals surface area contributed by atoms with E-state index in [1.54, 1.807) is 20.1 Å². The molecule has 4 heteroatoms. The fourth-order valence-electron chi connectivity index (χ4n) is 2.12. The normalized spacial score (nSPS) is 16.4. The number of carbonyl (C=O) groups is 1. The van der Waals surface area contributed by atoms with Gasteiger partial charge >= 0.3 is 0 Å². The van der Waals surface area contributed by atoms with Crippen LogP contribution in [0.4, 0.5) is 0 Å². The Labute approximate surface area is 107 Å². The van der Waals surface area contributed by atoms with Crippen molar-refractivity contribution in [2.75, 3.05) is 20.2 Å². The first-order valence-electron chi connectivity index (χ1n) is 6.30. The summed E-state index contributed by atoms with van der Waals surface area (Å²) in [7, 11) is 1.61. The van der Waals surface area contributed by atoms with Gasteiger partial charge in [-0.3, -0.25) is 4.79 Å². The van der Waals surface area contributed by atoms with Gasteiger partial charge in [-0.25, -0.2) is 0 Å². The molecular weight excluding hydrogens is 230 g/mol. The van der Waals surface area contributed by atoms with E-state index in [0.29, 0.717) is 5.75 Å². The molecule has 0 aliphatic carbocycles. The van der Waals surface area contributed by atoms with Crippen molar-refractivity contribution in [3.63, 3.8) is 0 Å². The van der Waals surface area contributed by atoms with Crippen molar-refractivity contribution < 1.29 is 14.3 Å². The zero-order valence-electron chi connectivity index (χ0n) is 10.9. The summed E-state index contributed by atoms with van der Waals surface area (Å²) in [5, 5.41) is 0. The van der Waals surface area contributed by atoms with Crippen molar-refractivity contribution in [1.29, 1.82) is 0 Å². The highest BCUT2D eigenvalue weighted by Gasteiger charge is 2.24. The number of carbonyl (C=O) groups excluding carboxylic acids is 1. The number of hydrogen-bond donors (Lipinski definition) is 0. The monoisotopic (exact) mass is 249 g/mol. The zero-order chi connectivity index (χ0) is 13.0. The van der Waals surface area contributed by atoms with E-state index in [1.807, 2.05) is 23.1 Å². The minimum Gasteiger partial charge on any atom is -0.497 e. The number of hydrogen-bond acceptors (Lipinski definition) is 3. The van der Waals surface area contributed by atoms with Crippen LogP contribution in [0, 0.1) is 0 Å². The van der Waals surface area contributed by atoms with Crippen LogP contribution in [-0.2, 0) is 4.79 Å². The lowest BCUT2D eigenvalue weighted by atomic mass is 10.3. The first-order chi connectivity index (χ1) is 8.70. The number of ether oxygens (including phenoxy) is 2. The van der Waals surface area contributed by atoms with Crippen LogP contribution in [0.1, 0.15) is 19.8 Å². The Hall–Kier alpha value is -1.71. The topological polar surface area (TPSA) is 38.8 Å². The Morgan fingerprint density at radius 1 is 1.28 bits per heavy atom. The third-order valence-corrected chi connectivity index (χ3v) is 3.12. The average molecular weight is 249 g/mol. The molecule has 0 aromatic heterocycles. The Bertz CT molecular complexity index is 413. The van der Waals surface area contributed by atoms with Crippen molar-refractivity contribution in [3.8, 4) is 11.5 Å². The Morgan fingerprint density at radius 2 is 1.94 bits per heavy atom. The van der Waals surface area contributed by atoms with Crippen molar-refractivity contribution in [2.45, 2.75) is 25.9 Å². The van der Waals surface area contributed by atoms with Crippen LogP contribution < -0.4 is 9.47 Å². The van der Waals surface area contributed by atoms with Crippen LogP contribution in [0.5, 0.6) is 11.5 Å². The van der Waals surface area contributed by atoms with Gasteiger partial charge in [0.25, 0.3) is 5.91 Å². The van der Waals surface area contributed by atoms with E-state index in [9.17, 15) is 4.79 Å². The van der Waals surface area contributed by atoms with Gasteiger partial charge in [0, 0.05) is 19.2 Å². The van der Waals surface area contributed by atoms with Crippen LogP contribution in [0.25, 0.3) is 0 Å². The first-order valence-corrected chi connectivity index (χ1v) is 6.30. The van der Waals surface area contributed by atoms with Gasteiger partial charge in [-0.1, -0.05) is 6.07 Å². The number of rotatable bonds is 4. The second kappa shape index (κ2) is 5.76. The lowest BCUT2D eigenvalue weighted by Crippen LogP contribution is -2.38.